The maximum Gasteiger partial charge on any atom is 0.414 e. The van der Waals surface area contributed by atoms with E-state index in [9.17, 15) is 9.59 Å². The van der Waals surface area contributed by atoms with E-state index in [4.69, 9.17) is 30.5 Å². The molecular formula is C19H30ClNO6. The van der Waals surface area contributed by atoms with Crippen molar-refractivity contribution in [2.24, 2.45) is 11.8 Å². The van der Waals surface area contributed by atoms with Crippen LogP contribution in [-0.2, 0) is 23.7 Å². The van der Waals surface area contributed by atoms with Gasteiger partial charge in [-0.05, 0) is 38.5 Å². The van der Waals surface area contributed by atoms with Crippen LogP contribution in [0.4, 0.5) is 4.79 Å². The van der Waals surface area contributed by atoms with Gasteiger partial charge in [0.2, 0.25) is 5.91 Å². The van der Waals surface area contributed by atoms with Crippen LogP contribution in [0.15, 0.2) is 0 Å². The monoisotopic (exact) mass is 403 g/mol. The van der Waals surface area contributed by atoms with Crippen molar-refractivity contribution < 1.29 is 28.5 Å². The van der Waals surface area contributed by atoms with Gasteiger partial charge in [0.15, 0.2) is 0 Å². The third-order valence-corrected chi connectivity index (χ3v) is 6.37. The lowest BCUT2D eigenvalue weighted by atomic mass is 9.68. The standard InChI is InChI=1S/C19H30ClNO6/c1-11(2)5-6-13-18(3,27-13)16-15(24-4)12(7-8-19(16)10-25-19)26-17(23)21-14(22)9-20/h11-13,15-16H,5-10H2,1-4H3,(H,21,22,23)/t12-,13?,15-,16?,18?,19+/m1/s1. The van der Waals surface area contributed by atoms with Gasteiger partial charge in [-0.3, -0.25) is 10.1 Å². The molecule has 0 aromatic carbocycles. The zero-order valence-corrected chi connectivity index (χ0v) is 17.2. The molecule has 0 bridgehead atoms. The SMILES string of the molecule is CO[C@H]1C(C2(C)OC2CCC(C)C)[C@]2(CC[C@H]1OC(=O)NC(=O)CCl)CO2. The van der Waals surface area contributed by atoms with Crippen molar-refractivity contribution in [3.8, 4) is 0 Å². The van der Waals surface area contributed by atoms with E-state index in [0.717, 1.165) is 19.3 Å². The Balaban J connectivity index is 1.70. The normalized spacial score (nSPS) is 40.1. The zero-order valence-electron chi connectivity index (χ0n) is 16.5. The predicted molar refractivity (Wildman–Crippen MR) is 98.7 cm³/mol. The fraction of sp³-hybridized carbons (Fsp3) is 0.895. The van der Waals surface area contributed by atoms with E-state index in [1.165, 1.54) is 0 Å². The maximum atomic E-state index is 12.0. The molecule has 1 saturated carbocycles. The largest absolute Gasteiger partial charge is 0.443 e. The minimum atomic E-state index is -0.794. The molecule has 8 heteroatoms. The van der Waals surface area contributed by atoms with Crippen LogP contribution in [0.25, 0.3) is 0 Å². The molecule has 6 atom stereocenters. The molecule has 0 aromatic heterocycles. The van der Waals surface area contributed by atoms with E-state index in [1.807, 2.05) is 0 Å². The second-order valence-corrected chi connectivity index (χ2v) is 8.72. The van der Waals surface area contributed by atoms with Crippen LogP contribution in [-0.4, -0.2) is 61.1 Å². The van der Waals surface area contributed by atoms with E-state index in [0.29, 0.717) is 18.9 Å². The number of carbonyl (C=O) groups excluding carboxylic acids is 2. The lowest BCUT2D eigenvalue weighted by molar-refractivity contribution is -0.124. The molecule has 3 fully saturated rings. The highest BCUT2D eigenvalue weighted by Gasteiger charge is 2.72. The maximum absolute atomic E-state index is 12.0. The second-order valence-electron chi connectivity index (χ2n) is 8.46. The van der Waals surface area contributed by atoms with Gasteiger partial charge >= 0.3 is 6.09 Å². The molecule has 2 heterocycles. The van der Waals surface area contributed by atoms with Crippen LogP contribution in [0.3, 0.4) is 0 Å². The summed E-state index contributed by atoms with van der Waals surface area (Å²) < 4.78 is 23.3. The van der Waals surface area contributed by atoms with Gasteiger partial charge in [-0.15, -0.1) is 11.6 Å². The zero-order chi connectivity index (χ0) is 19.8. The number of alkyl carbamates (subject to hydrolysis) is 1. The summed E-state index contributed by atoms with van der Waals surface area (Å²) in [5, 5.41) is 2.12. The van der Waals surface area contributed by atoms with E-state index < -0.39 is 18.1 Å². The van der Waals surface area contributed by atoms with E-state index >= 15 is 0 Å². The van der Waals surface area contributed by atoms with Gasteiger partial charge in [-0.2, -0.15) is 0 Å². The lowest BCUT2D eigenvalue weighted by Crippen LogP contribution is -2.56. The number of halogens is 1. The van der Waals surface area contributed by atoms with Gasteiger partial charge < -0.3 is 18.9 Å². The first kappa shape index (κ1) is 20.8. The van der Waals surface area contributed by atoms with Crippen molar-refractivity contribution in [2.75, 3.05) is 19.6 Å². The first-order chi connectivity index (χ1) is 12.8. The second kappa shape index (κ2) is 7.85. The number of hydrogen-bond acceptors (Lipinski definition) is 6. The van der Waals surface area contributed by atoms with Gasteiger partial charge in [0.1, 0.15) is 29.3 Å². The first-order valence-corrected chi connectivity index (χ1v) is 10.2. The molecule has 1 spiro atoms. The Bertz CT molecular complexity index is 581. The summed E-state index contributed by atoms with van der Waals surface area (Å²) >= 11 is 5.42. The summed E-state index contributed by atoms with van der Waals surface area (Å²) in [5.74, 6) is -0.289. The Morgan fingerprint density at radius 2 is 2.07 bits per heavy atom. The van der Waals surface area contributed by atoms with Crippen LogP contribution in [0, 0.1) is 11.8 Å². The third kappa shape index (κ3) is 4.26. The summed E-state index contributed by atoms with van der Waals surface area (Å²) in [6, 6.07) is 0. The third-order valence-electron chi connectivity index (χ3n) is 6.12. The van der Waals surface area contributed by atoms with Crippen molar-refractivity contribution in [3.63, 3.8) is 0 Å². The number of nitrogens with one attached hydrogen (secondary N) is 1. The number of hydrogen-bond donors (Lipinski definition) is 1. The van der Waals surface area contributed by atoms with Crippen molar-refractivity contribution >= 4 is 23.6 Å². The Morgan fingerprint density at radius 3 is 2.63 bits per heavy atom. The Hall–Kier alpha value is -0.890. The number of imide groups is 1. The molecule has 3 rings (SSSR count). The van der Waals surface area contributed by atoms with Crippen LogP contribution in [0.1, 0.15) is 46.5 Å². The lowest BCUT2D eigenvalue weighted by Gasteiger charge is -2.42. The van der Waals surface area contributed by atoms with Gasteiger partial charge in [-0.1, -0.05) is 13.8 Å². The fourth-order valence-corrected chi connectivity index (χ4v) is 4.66. The molecular weight excluding hydrogens is 374 g/mol. The summed E-state index contributed by atoms with van der Waals surface area (Å²) in [6.07, 6.45) is 2.02. The summed E-state index contributed by atoms with van der Waals surface area (Å²) in [6.45, 7) is 7.19. The van der Waals surface area contributed by atoms with Gasteiger partial charge in [0.05, 0.1) is 18.6 Å². The minimum absolute atomic E-state index is 0.0255. The molecule has 0 radical (unpaired) electrons. The van der Waals surface area contributed by atoms with Gasteiger partial charge in [-0.25, -0.2) is 4.79 Å². The molecule has 1 aliphatic carbocycles. The molecule has 0 aromatic rings. The molecule has 3 aliphatic rings. The predicted octanol–water partition coefficient (Wildman–Crippen LogP) is 2.63. The molecule has 2 aliphatic heterocycles. The number of rotatable bonds is 7. The quantitative estimate of drug-likeness (QED) is 0.519. The molecule has 154 valence electrons. The highest BCUT2D eigenvalue weighted by molar-refractivity contribution is 6.28. The van der Waals surface area contributed by atoms with E-state index in [1.54, 1.807) is 7.11 Å². The van der Waals surface area contributed by atoms with Crippen LogP contribution >= 0.6 is 11.6 Å². The molecule has 7 nitrogen and oxygen atoms in total. The number of epoxide rings is 2. The van der Waals surface area contributed by atoms with Crippen molar-refractivity contribution in [3.05, 3.63) is 0 Å². The number of methoxy groups -OCH3 is 1. The molecule has 1 N–H and O–H groups in total. The molecule has 2 saturated heterocycles. The van der Waals surface area contributed by atoms with Crippen LogP contribution < -0.4 is 5.32 Å². The number of amides is 2. The first-order valence-electron chi connectivity index (χ1n) is 9.66. The summed E-state index contributed by atoms with van der Waals surface area (Å²) in [7, 11) is 1.62. The van der Waals surface area contributed by atoms with Crippen LogP contribution in [0.5, 0.6) is 0 Å². The smallest absolute Gasteiger partial charge is 0.414 e. The Morgan fingerprint density at radius 1 is 1.37 bits per heavy atom. The number of ether oxygens (including phenoxy) is 4. The highest BCUT2D eigenvalue weighted by atomic mass is 35.5. The average Bonchev–Trinajstić information content (AvgIpc) is 3.52. The summed E-state index contributed by atoms with van der Waals surface area (Å²) in [5.41, 5.74) is -0.610. The van der Waals surface area contributed by atoms with Crippen LogP contribution in [0.2, 0.25) is 0 Å². The average molecular weight is 404 g/mol. The Labute approximate surface area is 165 Å². The van der Waals surface area contributed by atoms with Crippen molar-refractivity contribution in [2.45, 2.75) is 76.0 Å². The van der Waals surface area contributed by atoms with Gasteiger partial charge in [0.25, 0.3) is 0 Å². The fourth-order valence-electron chi connectivity index (χ4n) is 4.59. The van der Waals surface area contributed by atoms with E-state index in [2.05, 4.69) is 26.1 Å². The van der Waals surface area contributed by atoms with Crippen molar-refractivity contribution in [1.29, 1.82) is 0 Å². The summed E-state index contributed by atoms with van der Waals surface area (Å²) in [4.78, 5) is 23.3. The van der Waals surface area contributed by atoms with E-state index in [-0.39, 0.29) is 35.2 Å². The molecule has 3 unspecified atom stereocenters. The Kier molecular flexibility index (Phi) is 6.06. The topological polar surface area (TPSA) is 89.7 Å². The van der Waals surface area contributed by atoms with Gasteiger partial charge in [0, 0.05) is 7.11 Å². The molecule has 2 amide bonds. The minimum Gasteiger partial charge on any atom is -0.443 e. The van der Waals surface area contributed by atoms with Crippen molar-refractivity contribution in [1.82, 2.24) is 5.32 Å². The highest BCUT2D eigenvalue weighted by Crippen LogP contribution is 2.59. The number of carbonyl (C=O) groups is 2. The number of alkyl halides is 1. The molecule has 27 heavy (non-hydrogen) atoms.